The predicted octanol–water partition coefficient (Wildman–Crippen LogP) is 3.28. The lowest BCUT2D eigenvalue weighted by Gasteiger charge is -2.39. The molecule has 0 bridgehead atoms. The van der Waals surface area contributed by atoms with Crippen molar-refractivity contribution in [3.63, 3.8) is 0 Å². The van der Waals surface area contributed by atoms with Gasteiger partial charge in [-0.2, -0.15) is 0 Å². The topological polar surface area (TPSA) is 42.9 Å². The first kappa shape index (κ1) is 23.0. The van der Waals surface area contributed by atoms with E-state index in [0.717, 1.165) is 51.6 Å². The van der Waals surface area contributed by atoms with E-state index in [2.05, 4.69) is 80.2 Å². The van der Waals surface area contributed by atoms with Crippen LogP contribution in [0.4, 0.5) is 5.69 Å². The molecule has 1 fully saturated rings. The Morgan fingerprint density at radius 2 is 1.82 bits per heavy atom. The van der Waals surface area contributed by atoms with Gasteiger partial charge in [-0.05, 0) is 36.9 Å². The molecule has 1 aromatic carbocycles. The average Bonchev–Trinajstić information content (AvgIpc) is 3.24. The van der Waals surface area contributed by atoms with Crippen LogP contribution in [0.3, 0.4) is 0 Å². The number of para-hydroxylation sites is 1. The summed E-state index contributed by atoms with van der Waals surface area (Å²) in [5.74, 6) is 0.890. The molecule has 0 spiro atoms. The van der Waals surface area contributed by atoms with Gasteiger partial charge in [0, 0.05) is 62.9 Å². The number of hydrogen-bond donors (Lipinski definition) is 2. The van der Waals surface area contributed by atoms with Gasteiger partial charge in [-0.1, -0.05) is 24.3 Å². The van der Waals surface area contributed by atoms with E-state index < -0.39 is 0 Å². The molecule has 1 atom stereocenters. The largest absolute Gasteiger partial charge is 0.369 e. The number of anilines is 1. The van der Waals surface area contributed by atoms with Crippen LogP contribution in [0, 0.1) is 0 Å². The first-order valence-corrected chi connectivity index (χ1v) is 10.6. The Morgan fingerprint density at radius 3 is 2.46 bits per heavy atom. The van der Waals surface area contributed by atoms with Crippen LogP contribution >= 0.6 is 35.3 Å². The van der Waals surface area contributed by atoms with Gasteiger partial charge in [-0.25, -0.2) is 0 Å². The number of guanidine groups is 1. The van der Waals surface area contributed by atoms with Crippen LogP contribution in [-0.2, 0) is 6.42 Å². The highest BCUT2D eigenvalue weighted by Gasteiger charge is 2.21. The van der Waals surface area contributed by atoms with Gasteiger partial charge >= 0.3 is 0 Å². The molecule has 1 aromatic heterocycles. The smallest absolute Gasteiger partial charge is 0.191 e. The lowest BCUT2D eigenvalue weighted by atomic mass is 10.2. The number of rotatable bonds is 7. The van der Waals surface area contributed by atoms with Gasteiger partial charge < -0.3 is 15.5 Å². The zero-order valence-electron chi connectivity index (χ0n) is 16.8. The van der Waals surface area contributed by atoms with Crippen molar-refractivity contribution in [1.29, 1.82) is 0 Å². The van der Waals surface area contributed by atoms with Crippen LogP contribution in [0.5, 0.6) is 0 Å². The molecule has 7 heteroatoms. The minimum Gasteiger partial charge on any atom is -0.369 e. The second kappa shape index (κ2) is 12.3. The van der Waals surface area contributed by atoms with E-state index in [1.54, 1.807) is 11.3 Å². The van der Waals surface area contributed by atoms with Gasteiger partial charge in [-0.3, -0.25) is 9.89 Å². The van der Waals surface area contributed by atoms with Crippen molar-refractivity contribution in [3.8, 4) is 0 Å². The zero-order chi connectivity index (χ0) is 18.9. The number of benzene rings is 1. The van der Waals surface area contributed by atoms with E-state index in [1.165, 1.54) is 10.6 Å². The molecule has 0 saturated carbocycles. The number of aliphatic imine (C=N–C) groups is 1. The van der Waals surface area contributed by atoms with Crippen LogP contribution in [0.15, 0.2) is 52.8 Å². The highest BCUT2D eigenvalue weighted by molar-refractivity contribution is 14.0. The molecule has 3 rings (SSSR count). The van der Waals surface area contributed by atoms with Crippen molar-refractivity contribution in [2.24, 2.45) is 4.99 Å². The van der Waals surface area contributed by atoms with Gasteiger partial charge in [0.25, 0.3) is 0 Å². The molecule has 0 aliphatic carbocycles. The second-order valence-electron chi connectivity index (χ2n) is 6.92. The zero-order valence-corrected chi connectivity index (χ0v) is 20.0. The lowest BCUT2D eigenvalue weighted by Crippen LogP contribution is -2.53. The maximum atomic E-state index is 4.35. The van der Waals surface area contributed by atoms with Gasteiger partial charge in [0.2, 0.25) is 0 Å². The van der Waals surface area contributed by atoms with Crippen molar-refractivity contribution in [1.82, 2.24) is 15.5 Å². The van der Waals surface area contributed by atoms with E-state index >= 15 is 0 Å². The minimum absolute atomic E-state index is 0. The predicted molar refractivity (Wildman–Crippen MR) is 132 cm³/mol. The summed E-state index contributed by atoms with van der Waals surface area (Å²) in [5, 5.41) is 9.02. The van der Waals surface area contributed by atoms with Crippen LogP contribution < -0.4 is 15.5 Å². The summed E-state index contributed by atoms with van der Waals surface area (Å²) < 4.78 is 0. The van der Waals surface area contributed by atoms with Crippen LogP contribution in [0.1, 0.15) is 11.8 Å². The maximum absolute atomic E-state index is 4.35. The van der Waals surface area contributed by atoms with Gasteiger partial charge in [0.15, 0.2) is 5.96 Å². The summed E-state index contributed by atoms with van der Waals surface area (Å²) in [5.41, 5.74) is 1.33. The fraction of sp³-hybridized carbons (Fsp3) is 0.476. The molecule has 5 nitrogen and oxygen atoms in total. The Bertz CT molecular complexity index is 684. The molecule has 2 N–H and O–H groups in total. The molecule has 0 radical (unpaired) electrons. The van der Waals surface area contributed by atoms with E-state index in [9.17, 15) is 0 Å². The number of thiophene rings is 1. The molecule has 0 amide bonds. The summed E-state index contributed by atoms with van der Waals surface area (Å²) in [6, 6.07) is 15.5. The highest BCUT2D eigenvalue weighted by atomic mass is 127. The first-order chi connectivity index (χ1) is 13.3. The number of halogens is 1. The van der Waals surface area contributed by atoms with Gasteiger partial charge in [-0.15, -0.1) is 35.3 Å². The summed E-state index contributed by atoms with van der Waals surface area (Å²) in [6.07, 6.45) is 1.04. The highest BCUT2D eigenvalue weighted by Crippen LogP contribution is 2.16. The van der Waals surface area contributed by atoms with Gasteiger partial charge in [0.05, 0.1) is 0 Å². The summed E-state index contributed by atoms with van der Waals surface area (Å²) in [7, 11) is 1.84. The van der Waals surface area contributed by atoms with Crippen LogP contribution in [0.25, 0.3) is 0 Å². The fourth-order valence-electron chi connectivity index (χ4n) is 3.41. The third kappa shape index (κ3) is 6.93. The average molecular weight is 513 g/mol. The fourth-order valence-corrected chi connectivity index (χ4v) is 4.12. The van der Waals surface area contributed by atoms with E-state index in [4.69, 9.17) is 0 Å². The van der Waals surface area contributed by atoms with Crippen molar-refractivity contribution >= 4 is 47.0 Å². The number of piperazine rings is 1. The van der Waals surface area contributed by atoms with Crippen molar-refractivity contribution in [3.05, 3.63) is 52.7 Å². The minimum atomic E-state index is 0. The molecule has 154 valence electrons. The third-order valence-electron chi connectivity index (χ3n) is 5.09. The van der Waals surface area contributed by atoms with Crippen LogP contribution in [0.2, 0.25) is 0 Å². The molecule has 2 aromatic rings. The molecule has 1 aliphatic heterocycles. The number of nitrogens with one attached hydrogen (secondary N) is 2. The Balaban J connectivity index is 0.00000280. The Hall–Kier alpha value is -1.32. The second-order valence-corrected chi connectivity index (χ2v) is 7.95. The molecule has 1 aliphatic rings. The Kier molecular flexibility index (Phi) is 10.1. The Labute approximate surface area is 190 Å². The third-order valence-corrected chi connectivity index (χ3v) is 6.03. The standard InChI is InChI=1S/C21H31N5S.HI/c1-18(17-24-21(22-2)23-11-10-20-9-6-16-27-20)25-12-14-26(15-13-25)19-7-4-3-5-8-19;/h3-9,16,18H,10-15,17H2,1-2H3,(H2,22,23,24);1H. The number of hydrogen-bond acceptors (Lipinski definition) is 4. The van der Waals surface area contributed by atoms with E-state index in [0.29, 0.717) is 6.04 Å². The first-order valence-electron chi connectivity index (χ1n) is 9.77. The maximum Gasteiger partial charge on any atom is 0.191 e. The summed E-state index contributed by atoms with van der Waals surface area (Å²) >= 11 is 1.81. The summed E-state index contributed by atoms with van der Waals surface area (Å²) in [4.78, 5) is 10.8. The van der Waals surface area contributed by atoms with Crippen molar-refractivity contribution in [2.75, 3.05) is 51.2 Å². The molecule has 2 heterocycles. The van der Waals surface area contributed by atoms with Crippen molar-refractivity contribution in [2.45, 2.75) is 19.4 Å². The lowest BCUT2D eigenvalue weighted by molar-refractivity contribution is 0.197. The molecular formula is C21H32IN5S. The SMILES string of the molecule is CN=C(NCCc1cccs1)NCC(C)N1CCN(c2ccccc2)CC1.I. The van der Waals surface area contributed by atoms with Crippen molar-refractivity contribution < 1.29 is 0 Å². The Morgan fingerprint density at radius 1 is 1.07 bits per heavy atom. The summed E-state index contributed by atoms with van der Waals surface area (Å²) in [6.45, 7) is 8.48. The van der Waals surface area contributed by atoms with Gasteiger partial charge in [0.1, 0.15) is 0 Å². The molecule has 1 unspecified atom stereocenters. The van der Waals surface area contributed by atoms with Crippen LogP contribution in [-0.4, -0.2) is 63.2 Å². The van der Waals surface area contributed by atoms with E-state index in [1.807, 2.05) is 7.05 Å². The monoisotopic (exact) mass is 513 g/mol. The molecule has 1 saturated heterocycles. The molecular weight excluding hydrogens is 481 g/mol. The normalized spacial score (nSPS) is 16.4. The quantitative estimate of drug-likeness (QED) is 0.339. The molecule has 28 heavy (non-hydrogen) atoms. The van der Waals surface area contributed by atoms with E-state index in [-0.39, 0.29) is 24.0 Å². The number of nitrogens with zero attached hydrogens (tertiary/aromatic N) is 3.